The first-order valence-electron chi connectivity index (χ1n) is 6.83. The SMILES string of the molecule is CC1(C)C=C(NNC(=O)C(C)(CO)CO)CC(C)(C)N1. The van der Waals surface area contributed by atoms with Crippen molar-refractivity contribution in [2.45, 2.75) is 52.1 Å². The largest absolute Gasteiger partial charge is 0.395 e. The molecule has 0 fully saturated rings. The monoisotopic (exact) mass is 285 g/mol. The molecule has 0 aromatic heterocycles. The first kappa shape index (κ1) is 16.9. The van der Waals surface area contributed by atoms with Crippen molar-refractivity contribution in [2.75, 3.05) is 13.2 Å². The molecule has 6 nitrogen and oxygen atoms in total. The number of carbonyl (C=O) groups excluding carboxylic acids is 1. The van der Waals surface area contributed by atoms with Crippen LogP contribution >= 0.6 is 0 Å². The third kappa shape index (κ3) is 4.19. The fourth-order valence-corrected chi connectivity index (χ4v) is 2.48. The van der Waals surface area contributed by atoms with Gasteiger partial charge in [0.25, 0.3) is 0 Å². The Kier molecular flexibility index (Phi) is 4.84. The molecule has 0 aliphatic carbocycles. The van der Waals surface area contributed by atoms with Gasteiger partial charge in [-0.15, -0.1) is 0 Å². The van der Waals surface area contributed by atoms with Crippen LogP contribution in [0.1, 0.15) is 41.0 Å². The molecule has 20 heavy (non-hydrogen) atoms. The van der Waals surface area contributed by atoms with Gasteiger partial charge in [-0.05, 0) is 40.7 Å². The van der Waals surface area contributed by atoms with Crippen molar-refractivity contribution in [3.05, 3.63) is 11.8 Å². The summed E-state index contributed by atoms with van der Waals surface area (Å²) in [4.78, 5) is 12.0. The average molecular weight is 285 g/mol. The van der Waals surface area contributed by atoms with Gasteiger partial charge in [0.15, 0.2) is 0 Å². The summed E-state index contributed by atoms with van der Waals surface area (Å²) in [5.74, 6) is -0.433. The number of aliphatic hydroxyl groups excluding tert-OH is 2. The molecule has 1 aliphatic heterocycles. The molecule has 0 saturated heterocycles. The molecule has 0 unspecified atom stereocenters. The molecular formula is C14H27N3O3. The first-order valence-corrected chi connectivity index (χ1v) is 6.83. The van der Waals surface area contributed by atoms with Gasteiger partial charge in [0.2, 0.25) is 5.91 Å². The van der Waals surface area contributed by atoms with Crippen LogP contribution in [0.2, 0.25) is 0 Å². The van der Waals surface area contributed by atoms with Crippen LogP contribution in [0.15, 0.2) is 11.8 Å². The third-order valence-electron chi connectivity index (χ3n) is 3.41. The fraction of sp³-hybridized carbons (Fsp3) is 0.786. The van der Waals surface area contributed by atoms with E-state index in [0.29, 0.717) is 0 Å². The minimum Gasteiger partial charge on any atom is -0.395 e. The first-order chi connectivity index (χ1) is 9.03. The Morgan fingerprint density at radius 1 is 1.35 bits per heavy atom. The highest BCUT2D eigenvalue weighted by atomic mass is 16.3. The summed E-state index contributed by atoms with van der Waals surface area (Å²) in [6.45, 7) is 9.00. The molecule has 0 atom stereocenters. The average Bonchev–Trinajstić information content (AvgIpc) is 2.31. The van der Waals surface area contributed by atoms with E-state index in [4.69, 9.17) is 0 Å². The maximum Gasteiger partial charge on any atom is 0.248 e. The Bertz CT molecular complexity index is 398. The van der Waals surface area contributed by atoms with Crippen LogP contribution in [-0.4, -0.2) is 40.4 Å². The third-order valence-corrected chi connectivity index (χ3v) is 3.41. The molecule has 1 aliphatic rings. The van der Waals surface area contributed by atoms with Gasteiger partial charge < -0.3 is 21.0 Å². The zero-order chi connectivity index (χ0) is 15.6. The van der Waals surface area contributed by atoms with Crippen molar-refractivity contribution >= 4 is 5.91 Å². The van der Waals surface area contributed by atoms with Gasteiger partial charge in [-0.3, -0.25) is 10.2 Å². The zero-order valence-corrected chi connectivity index (χ0v) is 13.0. The molecule has 6 heteroatoms. The number of hydrazine groups is 1. The van der Waals surface area contributed by atoms with Crippen molar-refractivity contribution in [1.29, 1.82) is 0 Å². The van der Waals surface area contributed by atoms with Crippen LogP contribution < -0.4 is 16.2 Å². The van der Waals surface area contributed by atoms with E-state index in [2.05, 4.69) is 43.9 Å². The normalized spacial score (nSPS) is 21.1. The summed E-state index contributed by atoms with van der Waals surface area (Å²) in [7, 11) is 0. The summed E-state index contributed by atoms with van der Waals surface area (Å²) in [5.41, 5.74) is 4.94. The molecule has 1 amide bonds. The predicted molar refractivity (Wildman–Crippen MR) is 77.6 cm³/mol. The van der Waals surface area contributed by atoms with E-state index in [1.807, 2.05) is 6.08 Å². The summed E-state index contributed by atoms with van der Waals surface area (Å²) in [6, 6.07) is 0. The van der Waals surface area contributed by atoms with Crippen molar-refractivity contribution in [2.24, 2.45) is 5.41 Å². The molecule has 0 spiro atoms. The van der Waals surface area contributed by atoms with E-state index in [0.717, 1.165) is 12.1 Å². The highest BCUT2D eigenvalue weighted by Gasteiger charge is 2.34. The Labute approximate surface area is 120 Å². The number of carbonyl (C=O) groups is 1. The molecule has 116 valence electrons. The Hall–Kier alpha value is -1.11. The van der Waals surface area contributed by atoms with Gasteiger partial charge >= 0.3 is 0 Å². The molecule has 0 saturated carbocycles. The molecule has 0 aromatic carbocycles. The van der Waals surface area contributed by atoms with Crippen molar-refractivity contribution in [1.82, 2.24) is 16.2 Å². The topological polar surface area (TPSA) is 93.6 Å². The van der Waals surface area contributed by atoms with E-state index >= 15 is 0 Å². The number of amides is 1. The van der Waals surface area contributed by atoms with Crippen LogP contribution in [0.5, 0.6) is 0 Å². The highest BCUT2D eigenvalue weighted by molar-refractivity contribution is 5.82. The van der Waals surface area contributed by atoms with Crippen molar-refractivity contribution in [3.63, 3.8) is 0 Å². The maximum atomic E-state index is 12.0. The van der Waals surface area contributed by atoms with E-state index in [1.165, 1.54) is 6.92 Å². The van der Waals surface area contributed by atoms with Crippen LogP contribution in [0.4, 0.5) is 0 Å². The lowest BCUT2D eigenvalue weighted by atomic mass is 9.86. The Morgan fingerprint density at radius 3 is 2.35 bits per heavy atom. The quantitative estimate of drug-likeness (QED) is 0.460. The van der Waals surface area contributed by atoms with Crippen LogP contribution in [-0.2, 0) is 4.79 Å². The lowest BCUT2D eigenvalue weighted by Gasteiger charge is -2.41. The Morgan fingerprint density at radius 2 is 1.90 bits per heavy atom. The molecule has 0 bridgehead atoms. The number of rotatable bonds is 5. The molecular weight excluding hydrogens is 258 g/mol. The summed E-state index contributed by atoms with van der Waals surface area (Å²) in [6.07, 6.45) is 2.76. The fourth-order valence-electron chi connectivity index (χ4n) is 2.48. The molecule has 0 aromatic rings. The smallest absolute Gasteiger partial charge is 0.248 e. The second-order valence-electron chi connectivity index (χ2n) is 7.03. The highest BCUT2D eigenvalue weighted by Crippen LogP contribution is 2.25. The summed E-state index contributed by atoms with van der Waals surface area (Å²) >= 11 is 0. The van der Waals surface area contributed by atoms with E-state index in [-0.39, 0.29) is 11.1 Å². The van der Waals surface area contributed by atoms with Crippen LogP contribution in [0.25, 0.3) is 0 Å². The minimum atomic E-state index is -1.19. The van der Waals surface area contributed by atoms with Gasteiger partial charge in [0, 0.05) is 23.2 Å². The predicted octanol–water partition coefficient (Wildman–Crippen LogP) is 0.0325. The van der Waals surface area contributed by atoms with Crippen LogP contribution in [0.3, 0.4) is 0 Å². The summed E-state index contributed by atoms with van der Waals surface area (Å²) < 4.78 is 0. The number of hydrogen-bond donors (Lipinski definition) is 5. The van der Waals surface area contributed by atoms with Gasteiger partial charge in [0.05, 0.1) is 18.6 Å². The lowest BCUT2D eigenvalue weighted by Crippen LogP contribution is -2.57. The lowest BCUT2D eigenvalue weighted by molar-refractivity contribution is -0.135. The summed E-state index contributed by atoms with van der Waals surface area (Å²) in [5, 5.41) is 21.9. The van der Waals surface area contributed by atoms with Gasteiger partial charge in [-0.1, -0.05) is 0 Å². The van der Waals surface area contributed by atoms with E-state index < -0.39 is 24.5 Å². The van der Waals surface area contributed by atoms with Crippen LogP contribution in [0, 0.1) is 5.41 Å². The van der Waals surface area contributed by atoms with Crippen molar-refractivity contribution in [3.8, 4) is 0 Å². The minimum absolute atomic E-state index is 0.0808. The Balaban J connectivity index is 2.70. The molecule has 0 radical (unpaired) electrons. The molecule has 1 heterocycles. The van der Waals surface area contributed by atoms with Gasteiger partial charge in [-0.25, -0.2) is 0 Å². The number of nitrogens with one attached hydrogen (secondary N) is 3. The number of aliphatic hydroxyl groups is 2. The molecule has 5 N–H and O–H groups in total. The van der Waals surface area contributed by atoms with Gasteiger partial charge in [-0.2, -0.15) is 0 Å². The standard InChI is InChI=1S/C14H27N3O3/c1-12(2)6-10(7-13(3,4)17-12)15-16-11(20)14(5,8-18)9-19/h6,15,17-19H,7-9H2,1-5H3,(H,16,20). The maximum absolute atomic E-state index is 12.0. The molecule has 1 rings (SSSR count). The van der Waals surface area contributed by atoms with E-state index in [1.54, 1.807) is 0 Å². The number of hydrogen-bond acceptors (Lipinski definition) is 5. The zero-order valence-electron chi connectivity index (χ0n) is 13.0. The van der Waals surface area contributed by atoms with E-state index in [9.17, 15) is 15.0 Å². The van der Waals surface area contributed by atoms with Crippen molar-refractivity contribution < 1.29 is 15.0 Å². The second-order valence-corrected chi connectivity index (χ2v) is 7.03. The van der Waals surface area contributed by atoms with Gasteiger partial charge in [0.1, 0.15) is 0 Å². The second kappa shape index (κ2) is 5.71.